The van der Waals surface area contributed by atoms with E-state index in [9.17, 15) is 0 Å². The standard InChI is InChI=1S/C12H14ClNO/c1-7(2)8-3-9-4-10(6-14)15-12(9)11(13)5-8/h3-5,7H,6,14H2,1-2H3. The Bertz CT molecular complexity index is 488. The van der Waals surface area contributed by atoms with Crippen molar-refractivity contribution in [1.29, 1.82) is 0 Å². The van der Waals surface area contributed by atoms with E-state index in [1.165, 1.54) is 5.56 Å². The SMILES string of the molecule is CC(C)c1cc(Cl)c2oc(CN)cc2c1. The zero-order valence-corrected chi connectivity index (χ0v) is 9.64. The molecule has 0 aliphatic carbocycles. The summed E-state index contributed by atoms with van der Waals surface area (Å²) < 4.78 is 5.53. The predicted octanol–water partition coefficient (Wildman–Crippen LogP) is 3.67. The van der Waals surface area contributed by atoms with Gasteiger partial charge in [0.05, 0.1) is 11.6 Å². The Labute approximate surface area is 94.0 Å². The van der Waals surface area contributed by atoms with Crippen LogP contribution in [0.25, 0.3) is 11.0 Å². The lowest BCUT2D eigenvalue weighted by atomic mass is 10.0. The van der Waals surface area contributed by atoms with Crippen molar-refractivity contribution in [3.05, 3.63) is 34.5 Å². The highest BCUT2D eigenvalue weighted by atomic mass is 35.5. The van der Waals surface area contributed by atoms with Gasteiger partial charge in [0.2, 0.25) is 0 Å². The van der Waals surface area contributed by atoms with Crippen LogP contribution < -0.4 is 5.73 Å². The van der Waals surface area contributed by atoms with Gasteiger partial charge in [-0.1, -0.05) is 25.4 Å². The molecule has 0 atom stereocenters. The highest BCUT2D eigenvalue weighted by molar-refractivity contribution is 6.34. The first kappa shape index (κ1) is 10.5. The molecule has 0 radical (unpaired) electrons. The largest absolute Gasteiger partial charge is 0.458 e. The van der Waals surface area contributed by atoms with E-state index in [4.69, 9.17) is 21.8 Å². The van der Waals surface area contributed by atoms with E-state index in [1.54, 1.807) is 0 Å². The molecule has 1 aromatic carbocycles. The summed E-state index contributed by atoms with van der Waals surface area (Å²) in [6.07, 6.45) is 0. The highest BCUT2D eigenvalue weighted by Gasteiger charge is 2.09. The lowest BCUT2D eigenvalue weighted by Crippen LogP contribution is -1.92. The Kier molecular flexibility index (Phi) is 2.72. The fourth-order valence-electron chi connectivity index (χ4n) is 1.62. The second kappa shape index (κ2) is 3.87. The lowest BCUT2D eigenvalue weighted by Gasteiger charge is -2.05. The van der Waals surface area contributed by atoms with Gasteiger partial charge in [-0.05, 0) is 29.7 Å². The fraction of sp³-hybridized carbons (Fsp3) is 0.333. The fourth-order valence-corrected chi connectivity index (χ4v) is 1.89. The Morgan fingerprint density at radius 1 is 1.33 bits per heavy atom. The van der Waals surface area contributed by atoms with Crippen molar-refractivity contribution in [3.63, 3.8) is 0 Å². The Hall–Kier alpha value is -0.990. The summed E-state index contributed by atoms with van der Waals surface area (Å²) in [5.74, 6) is 1.23. The van der Waals surface area contributed by atoms with E-state index >= 15 is 0 Å². The van der Waals surface area contributed by atoms with Gasteiger partial charge in [0.1, 0.15) is 5.76 Å². The first-order valence-electron chi connectivity index (χ1n) is 5.03. The van der Waals surface area contributed by atoms with E-state index in [-0.39, 0.29) is 0 Å². The van der Waals surface area contributed by atoms with Gasteiger partial charge >= 0.3 is 0 Å². The molecule has 80 valence electrons. The smallest absolute Gasteiger partial charge is 0.152 e. The van der Waals surface area contributed by atoms with Gasteiger partial charge in [0, 0.05) is 5.39 Å². The van der Waals surface area contributed by atoms with Crippen LogP contribution in [0.4, 0.5) is 0 Å². The average Bonchev–Trinajstić information content (AvgIpc) is 2.61. The molecule has 0 saturated carbocycles. The van der Waals surface area contributed by atoms with Gasteiger partial charge in [-0.2, -0.15) is 0 Å². The number of hydrogen-bond acceptors (Lipinski definition) is 2. The van der Waals surface area contributed by atoms with Crippen LogP contribution in [0.5, 0.6) is 0 Å². The number of nitrogens with two attached hydrogens (primary N) is 1. The molecule has 0 saturated heterocycles. The molecule has 2 aromatic rings. The van der Waals surface area contributed by atoms with Crippen LogP contribution in [-0.4, -0.2) is 0 Å². The molecular weight excluding hydrogens is 210 g/mol. The maximum Gasteiger partial charge on any atom is 0.152 e. The van der Waals surface area contributed by atoms with E-state index in [0.717, 1.165) is 16.7 Å². The van der Waals surface area contributed by atoms with Crippen molar-refractivity contribution in [2.45, 2.75) is 26.3 Å². The molecule has 2 N–H and O–H groups in total. The number of rotatable bonds is 2. The quantitative estimate of drug-likeness (QED) is 0.844. The second-order valence-corrected chi connectivity index (χ2v) is 4.40. The first-order chi connectivity index (χ1) is 7.11. The second-order valence-electron chi connectivity index (χ2n) is 3.99. The molecule has 0 spiro atoms. The van der Waals surface area contributed by atoms with Crippen molar-refractivity contribution in [3.8, 4) is 0 Å². The van der Waals surface area contributed by atoms with Crippen LogP contribution >= 0.6 is 11.6 Å². The zero-order valence-electron chi connectivity index (χ0n) is 8.88. The highest BCUT2D eigenvalue weighted by Crippen LogP contribution is 2.30. The van der Waals surface area contributed by atoms with Gasteiger partial charge < -0.3 is 10.2 Å². The van der Waals surface area contributed by atoms with Crippen LogP contribution in [0.2, 0.25) is 5.02 Å². The normalized spacial score (nSPS) is 11.5. The van der Waals surface area contributed by atoms with Crippen LogP contribution in [0, 0.1) is 0 Å². The molecule has 0 amide bonds. The van der Waals surface area contributed by atoms with Crippen LogP contribution in [0.1, 0.15) is 31.1 Å². The summed E-state index contributed by atoms with van der Waals surface area (Å²) in [5, 5.41) is 1.70. The van der Waals surface area contributed by atoms with Crippen molar-refractivity contribution < 1.29 is 4.42 Å². The van der Waals surface area contributed by atoms with Crippen LogP contribution in [0.3, 0.4) is 0 Å². The van der Waals surface area contributed by atoms with Gasteiger partial charge in [-0.25, -0.2) is 0 Å². The number of benzene rings is 1. The summed E-state index contributed by atoms with van der Waals surface area (Å²) in [7, 11) is 0. The maximum absolute atomic E-state index is 6.14. The van der Waals surface area contributed by atoms with E-state index in [1.807, 2.05) is 12.1 Å². The van der Waals surface area contributed by atoms with E-state index < -0.39 is 0 Å². The average molecular weight is 224 g/mol. The minimum atomic E-state index is 0.405. The molecule has 2 nitrogen and oxygen atoms in total. The number of hydrogen-bond donors (Lipinski definition) is 1. The monoisotopic (exact) mass is 223 g/mol. The third-order valence-electron chi connectivity index (χ3n) is 2.51. The molecule has 1 heterocycles. The Morgan fingerprint density at radius 3 is 2.67 bits per heavy atom. The Morgan fingerprint density at radius 2 is 2.07 bits per heavy atom. The molecule has 0 bridgehead atoms. The minimum Gasteiger partial charge on any atom is -0.458 e. The molecule has 0 aliphatic heterocycles. The van der Waals surface area contributed by atoms with Crippen molar-refractivity contribution in [2.75, 3.05) is 0 Å². The van der Waals surface area contributed by atoms with Crippen LogP contribution in [0.15, 0.2) is 22.6 Å². The summed E-state index contributed by atoms with van der Waals surface area (Å²) in [4.78, 5) is 0. The number of halogens is 1. The molecule has 2 rings (SSSR count). The summed E-state index contributed by atoms with van der Waals surface area (Å²) in [6, 6.07) is 6.01. The third kappa shape index (κ3) is 1.87. The van der Waals surface area contributed by atoms with Crippen LogP contribution in [-0.2, 0) is 6.54 Å². The number of furan rings is 1. The predicted molar refractivity (Wildman–Crippen MR) is 63.2 cm³/mol. The topological polar surface area (TPSA) is 39.2 Å². The minimum absolute atomic E-state index is 0.405. The van der Waals surface area contributed by atoms with E-state index in [0.29, 0.717) is 17.5 Å². The molecule has 0 unspecified atom stereocenters. The Balaban J connectivity index is 2.65. The molecular formula is C12H14ClNO. The number of fused-ring (bicyclic) bond motifs is 1. The van der Waals surface area contributed by atoms with Gasteiger partial charge in [-0.15, -0.1) is 0 Å². The van der Waals surface area contributed by atoms with Gasteiger partial charge in [-0.3, -0.25) is 0 Å². The molecule has 3 heteroatoms. The molecule has 15 heavy (non-hydrogen) atoms. The van der Waals surface area contributed by atoms with Crippen molar-refractivity contribution >= 4 is 22.6 Å². The van der Waals surface area contributed by atoms with Gasteiger partial charge in [0.15, 0.2) is 5.58 Å². The molecule has 0 aliphatic rings. The van der Waals surface area contributed by atoms with Crippen molar-refractivity contribution in [1.82, 2.24) is 0 Å². The van der Waals surface area contributed by atoms with Gasteiger partial charge in [0.25, 0.3) is 0 Å². The third-order valence-corrected chi connectivity index (χ3v) is 2.79. The maximum atomic E-state index is 6.14. The zero-order chi connectivity index (χ0) is 11.0. The summed E-state index contributed by atoms with van der Waals surface area (Å²) in [5.41, 5.74) is 7.48. The summed E-state index contributed by atoms with van der Waals surface area (Å²) in [6.45, 7) is 4.69. The first-order valence-corrected chi connectivity index (χ1v) is 5.41. The van der Waals surface area contributed by atoms with Crippen molar-refractivity contribution in [2.24, 2.45) is 5.73 Å². The molecule has 1 aromatic heterocycles. The summed E-state index contributed by atoms with van der Waals surface area (Å²) >= 11 is 6.14. The molecule has 0 fully saturated rings. The van der Waals surface area contributed by atoms with E-state index in [2.05, 4.69) is 19.9 Å². The lowest BCUT2D eigenvalue weighted by molar-refractivity contribution is 0.552.